The van der Waals surface area contributed by atoms with Crippen LogP contribution in [-0.4, -0.2) is 4.98 Å². The van der Waals surface area contributed by atoms with E-state index in [0.717, 1.165) is 18.2 Å². The van der Waals surface area contributed by atoms with E-state index in [1.54, 1.807) is 0 Å². The van der Waals surface area contributed by atoms with Crippen LogP contribution in [0.15, 0.2) is 12.1 Å². The van der Waals surface area contributed by atoms with Crippen LogP contribution in [0.2, 0.25) is 0 Å². The summed E-state index contributed by atoms with van der Waals surface area (Å²) in [4.78, 5) is 4.61. The van der Waals surface area contributed by atoms with Gasteiger partial charge < -0.3 is 0 Å². The molecule has 1 heterocycles. The largest absolute Gasteiger partial charge is 0.258 e. The van der Waals surface area contributed by atoms with Gasteiger partial charge in [0.1, 0.15) is 0 Å². The maximum Gasteiger partial charge on any atom is 0.0482 e. The van der Waals surface area contributed by atoms with Crippen molar-refractivity contribution < 1.29 is 0 Å². The second-order valence-electron chi connectivity index (χ2n) is 3.58. The Bertz CT molecular complexity index is 308. The zero-order valence-electron chi connectivity index (χ0n) is 7.68. The molecule has 0 atom stereocenters. The van der Waals surface area contributed by atoms with Crippen molar-refractivity contribution in [3.05, 3.63) is 29.1 Å². The van der Waals surface area contributed by atoms with Crippen molar-refractivity contribution in [3.8, 4) is 0 Å². The van der Waals surface area contributed by atoms with Crippen LogP contribution in [0.5, 0.6) is 0 Å². The summed E-state index contributed by atoms with van der Waals surface area (Å²) in [6, 6.07) is 4.29. The molecule has 1 N–H and O–H groups in total. The average molecular weight is 288 g/mol. The number of nitrogens with one attached hydrogen (secondary N) is 1. The van der Waals surface area contributed by atoms with Gasteiger partial charge in [0.2, 0.25) is 0 Å². The minimum Gasteiger partial charge on any atom is -0.258 e. The zero-order chi connectivity index (χ0) is 9.26. The Morgan fingerprint density at radius 1 is 1.54 bits per heavy atom. The molecule has 0 unspecified atom stereocenters. The van der Waals surface area contributed by atoms with Gasteiger partial charge in [-0.15, -0.1) is 0 Å². The van der Waals surface area contributed by atoms with Gasteiger partial charge in [-0.05, 0) is 31.4 Å². The minimum atomic E-state index is 0.750. The summed E-state index contributed by atoms with van der Waals surface area (Å²) in [6.45, 7) is 2.99. The summed E-state index contributed by atoms with van der Waals surface area (Å²) in [5.41, 5.74) is 3.82. The molecule has 0 aromatic carbocycles. The molecule has 0 bridgehead atoms. The Labute approximate surface area is 92.6 Å². The number of halogens is 1. The first-order valence-corrected chi connectivity index (χ1v) is 5.69. The van der Waals surface area contributed by atoms with Crippen molar-refractivity contribution in [1.29, 1.82) is 0 Å². The molecule has 13 heavy (non-hydrogen) atoms. The molecule has 70 valence electrons. The van der Waals surface area contributed by atoms with Crippen LogP contribution in [0.25, 0.3) is 0 Å². The molecule has 2 rings (SSSR count). The van der Waals surface area contributed by atoms with Crippen molar-refractivity contribution in [3.63, 3.8) is 0 Å². The van der Waals surface area contributed by atoms with Crippen LogP contribution in [0.4, 0.5) is 0 Å². The molecule has 1 aliphatic carbocycles. The monoisotopic (exact) mass is 288 g/mol. The number of nitrogens with zero attached hydrogens (tertiary/aromatic N) is 1. The molecular weight excluding hydrogens is 275 g/mol. The summed E-state index contributed by atoms with van der Waals surface area (Å²) < 4.78 is 3.16. The van der Waals surface area contributed by atoms with Gasteiger partial charge in [-0.1, -0.05) is 6.07 Å². The molecule has 1 fully saturated rings. The lowest BCUT2D eigenvalue weighted by molar-refractivity contribution is 0.902. The van der Waals surface area contributed by atoms with Crippen LogP contribution in [0.1, 0.15) is 35.7 Å². The van der Waals surface area contributed by atoms with E-state index in [0.29, 0.717) is 0 Å². The second-order valence-corrected chi connectivity index (χ2v) is 4.34. The minimum absolute atomic E-state index is 0.750. The second kappa shape index (κ2) is 3.92. The molecule has 0 saturated heterocycles. The van der Waals surface area contributed by atoms with Gasteiger partial charge in [-0.3, -0.25) is 8.51 Å². The summed E-state index contributed by atoms with van der Waals surface area (Å²) in [7, 11) is 0. The number of aryl methyl sites for hydroxylation is 1. The SMILES string of the molecule is Cc1ccc(CNI)c(C2CC2)n1. The number of pyridine rings is 1. The summed E-state index contributed by atoms with van der Waals surface area (Å²) in [6.07, 6.45) is 2.65. The van der Waals surface area contributed by atoms with Gasteiger partial charge in [-0.25, -0.2) is 0 Å². The molecular formula is C10H13IN2. The van der Waals surface area contributed by atoms with Gasteiger partial charge in [0, 0.05) is 46.7 Å². The highest BCUT2D eigenvalue weighted by Gasteiger charge is 2.27. The number of hydrogen-bond acceptors (Lipinski definition) is 2. The van der Waals surface area contributed by atoms with Gasteiger partial charge in [0.25, 0.3) is 0 Å². The number of rotatable bonds is 3. The van der Waals surface area contributed by atoms with Gasteiger partial charge in [0.15, 0.2) is 0 Å². The van der Waals surface area contributed by atoms with E-state index < -0.39 is 0 Å². The predicted molar refractivity (Wildman–Crippen MR) is 61.8 cm³/mol. The predicted octanol–water partition coefficient (Wildman–Crippen LogP) is 2.71. The zero-order valence-corrected chi connectivity index (χ0v) is 9.84. The number of hydrogen-bond donors (Lipinski definition) is 1. The lowest BCUT2D eigenvalue weighted by Gasteiger charge is -2.07. The third kappa shape index (κ3) is 2.20. The van der Waals surface area contributed by atoms with Crippen molar-refractivity contribution in [1.82, 2.24) is 8.51 Å². The fraction of sp³-hybridized carbons (Fsp3) is 0.500. The standard InChI is InChI=1S/C10H13IN2/c1-7-2-3-9(6-12-11)10(13-7)8-4-5-8/h2-3,8,12H,4-6H2,1H3. The Balaban J connectivity index is 2.30. The van der Waals surface area contributed by atoms with Crippen LogP contribution in [0, 0.1) is 6.92 Å². The van der Waals surface area contributed by atoms with E-state index in [2.05, 4.69) is 50.4 Å². The van der Waals surface area contributed by atoms with E-state index in [-0.39, 0.29) is 0 Å². The van der Waals surface area contributed by atoms with E-state index >= 15 is 0 Å². The van der Waals surface area contributed by atoms with Gasteiger partial charge in [0.05, 0.1) is 0 Å². The lowest BCUT2D eigenvalue weighted by Crippen LogP contribution is -2.04. The Hall–Kier alpha value is -0.160. The van der Waals surface area contributed by atoms with E-state index in [1.807, 2.05) is 0 Å². The quantitative estimate of drug-likeness (QED) is 0.683. The summed E-state index contributed by atoms with van der Waals surface area (Å²) in [5, 5.41) is 0. The molecule has 1 aromatic rings. The fourth-order valence-corrected chi connectivity index (χ4v) is 1.95. The maximum absolute atomic E-state index is 4.61. The fourth-order valence-electron chi connectivity index (χ4n) is 1.54. The van der Waals surface area contributed by atoms with Crippen molar-refractivity contribution in [2.45, 2.75) is 32.2 Å². The summed E-state index contributed by atoms with van der Waals surface area (Å²) in [5.74, 6) is 0.750. The first-order chi connectivity index (χ1) is 6.31. The average Bonchev–Trinajstić information content (AvgIpc) is 2.91. The molecule has 0 radical (unpaired) electrons. The molecule has 0 amide bonds. The molecule has 2 nitrogen and oxygen atoms in total. The molecule has 1 saturated carbocycles. The molecule has 3 heteroatoms. The highest BCUT2D eigenvalue weighted by atomic mass is 127. The topological polar surface area (TPSA) is 24.9 Å². The lowest BCUT2D eigenvalue weighted by atomic mass is 10.1. The maximum atomic E-state index is 4.61. The molecule has 0 spiro atoms. The third-order valence-corrected chi connectivity index (χ3v) is 2.75. The van der Waals surface area contributed by atoms with Gasteiger partial charge >= 0.3 is 0 Å². The number of aromatic nitrogens is 1. The van der Waals surface area contributed by atoms with Gasteiger partial charge in [-0.2, -0.15) is 0 Å². The Morgan fingerprint density at radius 2 is 2.31 bits per heavy atom. The van der Waals surface area contributed by atoms with Crippen LogP contribution >= 0.6 is 22.9 Å². The van der Waals surface area contributed by atoms with Crippen LogP contribution in [0.3, 0.4) is 0 Å². The Morgan fingerprint density at radius 3 is 2.92 bits per heavy atom. The first-order valence-electron chi connectivity index (χ1n) is 4.61. The van der Waals surface area contributed by atoms with Crippen molar-refractivity contribution >= 4 is 22.9 Å². The third-order valence-electron chi connectivity index (χ3n) is 2.37. The van der Waals surface area contributed by atoms with Crippen molar-refractivity contribution in [2.75, 3.05) is 0 Å². The van der Waals surface area contributed by atoms with Crippen LogP contribution < -0.4 is 3.53 Å². The summed E-state index contributed by atoms with van der Waals surface area (Å²) >= 11 is 2.18. The molecule has 1 aromatic heterocycles. The van der Waals surface area contributed by atoms with Crippen LogP contribution in [-0.2, 0) is 6.54 Å². The first kappa shape index (κ1) is 9.40. The van der Waals surface area contributed by atoms with Crippen molar-refractivity contribution in [2.24, 2.45) is 0 Å². The Kier molecular flexibility index (Phi) is 2.83. The molecule has 1 aliphatic rings. The van der Waals surface area contributed by atoms with E-state index in [9.17, 15) is 0 Å². The van der Waals surface area contributed by atoms with E-state index in [4.69, 9.17) is 0 Å². The highest BCUT2D eigenvalue weighted by molar-refractivity contribution is 14.1. The normalized spacial score (nSPS) is 16.2. The molecule has 0 aliphatic heterocycles. The van der Waals surface area contributed by atoms with E-state index in [1.165, 1.54) is 24.1 Å². The smallest absolute Gasteiger partial charge is 0.0482 e. The highest BCUT2D eigenvalue weighted by Crippen LogP contribution is 2.40.